The second kappa shape index (κ2) is 5.06. The topological polar surface area (TPSA) is 73.0 Å². The van der Waals surface area contributed by atoms with E-state index in [0.717, 1.165) is 44.9 Å². The number of aliphatic hydroxyl groups excluding tert-OH is 2. The maximum atomic E-state index is 10.6. The summed E-state index contributed by atoms with van der Waals surface area (Å²) in [6, 6.07) is 0. The molecule has 0 saturated heterocycles. The van der Waals surface area contributed by atoms with Crippen LogP contribution in [0, 0.1) is 28.6 Å². The van der Waals surface area contributed by atoms with E-state index < -0.39 is 6.10 Å². The first kappa shape index (κ1) is 15.6. The Labute approximate surface area is 138 Å². The second-order valence-electron chi connectivity index (χ2n) is 8.90. The molecule has 4 aliphatic carbocycles. The van der Waals surface area contributed by atoms with Gasteiger partial charge in [-0.25, -0.2) is 0 Å². The summed E-state index contributed by atoms with van der Waals surface area (Å²) in [6.45, 7) is 4.58. The molecule has 7 atom stereocenters. The van der Waals surface area contributed by atoms with Gasteiger partial charge in [-0.05, 0) is 68.1 Å². The lowest BCUT2D eigenvalue weighted by Gasteiger charge is -2.57. The third-order valence-electron chi connectivity index (χ3n) is 8.01. The van der Waals surface area contributed by atoms with Gasteiger partial charge in [-0.3, -0.25) is 0 Å². The normalized spacial score (nSPS) is 54.2. The zero-order valence-corrected chi connectivity index (χ0v) is 14.2. The van der Waals surface area contributed by atoms with Crippen molar-refractivity contribution in [2.75, 3.05) is 0 Å². The summed E-state index contributed by atoms with van der Waals surface area (Å²) in [5, 5.41) is 33.3. The monoisotopic (exact) mass is 319 g/mol. The number of fused-ring (bicyclic) bond motifs is 5. The molecule has 0 aromatic heterocycles. The lowest BCUT2D eigenvalue weighted by molar-refractivity contribution is -0.0671. The Balaban J connectivity index is 1.69. The molecule has 3 fully saturated rings. The lowest BCUT2D eigenvalue weighted by atomic mass is 9.48. The molecule has 4 rings (SSSR count). The summed E-state index contributed by atoms with van der Waals surface area (Å²) >= 11 is 0. The van der Waals surface area contributed by atoms with Crippen LogP contribution >= 0.6 is 0 Å². The molecule has 23 heavy (non-hydrogen) atoms. The van der Waals surface area contributed by atoms with Crippen LogP contribution < -0.4 is 0 Å². The van der Waals surface area contributed by atoms with Crippen molar-refractivity contribution in [3.8, 4) is 0 Å². The van der Waals surface area contributed by atoms with Crippen LogP contribution in [0.4, 0.5) is 0 Å². The third-order valence-corrected chi connectivity index (χ3v) is 8.01. The van der Waals surface area contributed by atoms with Gasteiger partial charge in [0.2, 0.25) is 0 Å². The van der Waals surface area contributed by atoms with E-state index in [-0.39, 0.29) is 16.9 Å². The van der Waals surface area contributed by atoms with E-state index in [9.17, 15) is 15.4 Å². The van der Waals surface area contributed by atoms with Crippen LogP contribution in [0.2, 0.25) is 0 Å². The van der Waals surface area contributed by atoms with Gasteiger partial charge in [-0.15, -0.1) is 0 Å². The zero-order chi connectivity index (χ0) is 16.4. The summed E-state index contributed by atoms with van der Waals surface area (Å²) in [7, 11) is 0. The maximum absolute atomic E-state index is 10.6. The van der Waals surface area contributed by atoms with Crippen molar-refractivity contribution in [2.45, 2.75) is 71.0 Å². The number of hydrogen-bond acceptors (Lipinski definition) is 4. The first-order chi connectivity index (χ1) is 10.9. The van der Waals surface area contributed by atoms with Crippen LogP contribution in [-0.2, 0) is 0 Å². The molecule has 0 aliphatic heterocycles. The van der Waals surface area contributed by atoms with E-state index in [2.05, 4.69) is 25.1 Å². The Kier molecular flexibility index (Phi) is 3.44. The SMILES string of the molecule is CC12CCC(O)CC1=CCC1C2CCC2(C)C(O)C(=NO)CC12. The van der Waals surface area contributed by atoms with Gasteiger partial charge in [-0.2, -0.15) is 0 Å². The summed E-state index contributed by atoms with van der Waals surface area (Å²) in [4.78, 5) is 0. The van der Waals surface area contributed by atoms with Gasteiger partial charge >= 0.3 is 0 Å². The van der Waals surface area contributed by atoms with E-state index in [1.54, 1.807) is 0 Å². The second-order valence-corrected chi connectivity index (χ2v) is 8.90. The molecule has 7 unspecified atom stereocenters. The average molecular weight is 319 g/mol. The minimum absolute atomic E-state index is 0.140. The largest absolute Gasteiger partial charge is 0.411 e. The Hall–Kier alpha value is -0.870. The number of allylic oxidation sites excluding steroid dienone is 1. The van der Waals surface area contributed by atoms with Crippen LogP contribution in [0.5, 0.6) is 0 Å². The van der Waals surface area contributed by atoms with E-state index in [0.29, 0.717) is 23.5 Å². The van der Waals surface area contributed by atoms with Crippen LogP contribution in [-0.4, -0.2) is 33.3 Å². The predicted octanol–water partition coefficient (Wildman–Crippen LogP) is 3.11. The fraction of sp³-hybridized carbons (Fsp3) is 0.842. The quantitative estimate of drug-likeness (QED) is 0.365. The van der Waals surface area contributed by atoms with Gasteiger partial charge in [0.05, 0.1) is 11.8 Å². The Bertz CT molecular complexity index is 571. The summed E-state index contributed by atoms with van der Waals surface area (Å²) in [5.41, 5.74) is 2.12. The molecular formula is C19H29NO3. The first-order valence-electron chi connectivity index (χ1n) is 9.16. The molecule has 0 aromatic carbocycles. The highest BCUT2D eigenvalue weighted by molar-refractivity contribution is 5.91. The van der Waals surface area contributed by atoms with E-state index >= 15 is 0 Å². The van der Waals surface area contributed by atoms with Crippen molar-refractivity contribution < 1.29 is 15.4 Å². The van der Waals surface area contributed by atoms with Crippen LogP contribution in [0.25, 0.3) is 0 Å². The molecule has 0 spiro atoms. The molecule has 0 radical (unpaired) electrons. The van der Waals surface area contributed by atoms with Crippen LogP contribution in [0.3, 0.4) is 0 Å². The van der Waals surface area contributed by atoms with Gasteiger partial charge in [-0.1, -0.05) is 30.7 Å². The Morgan fingerprint density at radius 3 is 2.61 bits per heavy atom. The first-order valence-corrected chi connectivity index (χ1v) is 9.16. The molecular weight excluding hydrogens is 290 g/mol. The van der Waals surface area contributed by atoms with E-state index in [4.69, 9.17) is 0 Å². The fourth-order valence-corrected chi connectivity index (χ4v) is 6.53. The third kappa shape index (κ3) is 2.00. The highest BCUT2D eigenvalue weighted by atomic mass is 16.4. The van der Waals surface area contributed by atoms with Crippen molar-refractivity contribution >= 4 is 5.71 Å². The Morgan fingerprint density at radius 2 is 1.87 bits per heavy atom. The minimum atomic E-state index is -0.593. The number of rotatable bonds is 0. The van der Waals surface area contributed by atoms with Crippen LogP contribution in [0.15, 0.2) is 16.8 Å². The van der Waals surface area contributed by atoms with Crippen molar-refractivity contribution in [1.82, 2.24) is 0 Å². The maximum Gasteiger partial charge on any atom is 0.101 e. The molecule has 0 amide bonds. The highest BCUT2D eigenvalue weighted by Gasteiger charge is 2.60. The van der Waals surface area contributed by atoms with Gasteiger partial charge in [0.1, 0.15) is 6.10 Å². The molecule has 4 heteroatoms. The minimum Gasteiger partial charge on any atom is -0.411 e. The van der Waals surface area contributed by atoms with Crippen molar-refractivity contribution in [3.05, 3.63) is 11.6 Å². The van der Waals surface area contributed by atoms with E-state index in [1.165, 1.54) is 5.57 Å². The molecule has 4 nitrogen and oxygen atoms in total. The molecule has 0 heterocycles. The average Bonchev–Trinajstić information content (AvgIpc) is 2.79. The fourth-order valence-electron chi connectivity index (χ4n) is 6.53. The van der Waals surface area contributed by atoms with Gasteiger partial charge in [0.25, 0.3) is 0 Å². The molecule has 128 valence electrons. The number of hydrogen-bond donors (Lipinski definition) is 3. The molecule has 3 N–H and O–H groups in total. The zero-order valence-electron chi connectivity index (χ0n) is 14.2. The standard InChI is InChI=1S/C19H29NO3/c1-18-7-5-12(21)9-11(18)3-4-13-14(18)6-8-19(2)15(13)10-16(20-23)17(19)22/h3,12-15,17,21-23H,4-10H2,1-2H3. The molecule has 3 saturated carbocycles. The molecule has 0 bridgehead atoms. The van der Waals surface area contributed by atoms with E-state index in [1.807, 2.05) is 0 Å². The van der Waals surface area contributed by atoms with Crippen molar-refractivity contribution in [1.29, 1.82) is 0 Å². The lowest BCUT2D eigenvalue weighted by Crippen LogP contribution is -2.51. The van der Waals surface area contributed by atoms with Crippen molar-refractivity contribution in [2.24, 2.45) is 33.7 Å². The van der Waals surface area contributed by atoms with Gasteiger partial charge in [0.15, 0.2) is 0 Å². The smallest absolute Gasteiger partial charge is 0.101 e. The molecule has 0 aromatic rings. The highest BCUT2D eigenvalue weighted by Crippen LogP contribution is 2.64. The summed E-state index contributed by atoms with van der Waals surface area (Å²) in [6.07, 6.45) is 8.38. The number of oxime groups is 1. The summed E-state index contributed by atoms with van der Waals surface area (Å²) < 4.78 is 0. The Morgan fingerprint density at radius 1 is 1.09 bits per heavy atom. The number of aliphatic hydroxyl groups is 2. The molecule has 4 aliphatic rings. The van der Waals surface area contributed by atoms with Gasteiger partial charge < -0.3 is 15.4 Å². The van der Waals surface area contributed by atoms with Crippen LogP contribution in [0.1, 0.15) is 58.8 Å². The van der Waals surface area contributed by atoms with Crippen molar-refractivity contribution in [3.63, 3.8) is 0 Å². The number of nitrogens with zero attached hydrogens (tertiary/aromatic N) is 1. The van der Waals surface area contributed by atoms with Gasteiger partial charge in [0, 0.05) is 5.41 Å². The predicted molar refractivity (Wildman–Crippen MR) is 88.3 cm³/mol. The summed E-state index contributed by atoms with van der Waals surface area (Å²) in [5.74, 6) is 1.61.